The Kier molecular flexibility index (Phi) is 4.23. The third-order valence-corrected chi connectivity index (χ3v) is 3.55. The Morgan fingerprint density at radius 1 is 1.35 bits per heavy atom. The first-order chi connectivity index (χ1) is 9.61. The minimum absolute atomic E-state index is 0.371. The number of carbonyl (C=O) groups is 2. The molecule has 1 aromatic carbocycles. The van der Waals surface area contributed by atoms with Gasteiger partial charge in [0, 0.05) is 6.20 Å². The van der Waals surface area contributed by atoms with Gasteiger partial charge in [-0.05, 0) is 12.5 Å². The molecule has 1 N–H and O–H groups in total. The van der Waals surface area contributed by atoms with Crippen LogP contribution in [0.2, 0.25) is 0 Å². The molecule has 0 aliphatic heterocycles. The van der Waals surface area contributed by atoms with Gasteiger partial charge in [0.15, 0.2) is 16.8 Å². The van der Waals surface area contributed by atoms with Crippen LogP contribution in [0.3, 0.4) is 0 Å². The van der Waals surface area contributed by atoms with Crippen LogP contribution in [0.15, 0.2) is 36.5 Å². The third kappa shape index (κ3) is 3.08. The van der Waals surface area contributed by atoms with Crippen LogP contribution in [-0.4, -0.2) is 16.7 Å². The average molecular weight is 285 g/mol. The van der Waals surface area contributed by atoms with E-state index in [4.69, 9.17) is 5.26 Å². The molecule has 100 valence electrons. The van der Waals surface area contributed by atoms with Gasteiger partial charge in [-0.15, -0.1) is 0 Å². The summed E-state index contributed by atoms with van der Waals surface area (Å²) in [6.45, 7) is 1.21. The zero-order valence-electron chi connectivity index (χ0n) is 10.7. The van der Waals surface area contributed by atoms with Crippen LogP contribution < -0.4 is 5.32 Å². The predicted molar refractivity (Wildman–Crippen MR) is 76.0 cm³/mol. The van der Waals surface area contributed by atoms with E-state index in [0.29, 0.717) is 5.13 Å². The van der Waals surface area contributed by atoms with Crippen molar-refractivity contribution in [2.75, 3.05) is 5.32 Å². The van der Waals surface area contributed by atoms with E-state index in [1.54, 1.807) is 12.3 Å². The number of hydrogen-bond acceptors (Lipinski definition) is 5. The predicted octanol–water partition coefficient (Wildman–Crippen LogP) is 2.48. The van der Waals surface area contributed by atoms with Crippen LogP contribution in [0, 0.1) is 17.2 Å². The van der Waals surface area contributed by atoms with Crippen LogP contribution >= 0.6 is 11.3 Å². The number of Topliss-reactive ketones (excluding diaryl/α,β-unsaturated/α-hetero) is 1. The monoisotopic (exact) mass is 285 g/mol. The molecule has 0 radical (unpaired) electrons. The van der Waals surface area contributed by atoms with Gasteiger partial charge in [-0.3, -0.25) is 9.59 Å². The maximum Gasteiger partial charge on any atom is 0.251 e. The van der Waals surface area contributed by atoms with Crippen LogP contribution in [0.25, 0.3) is 10.4 Å². The Morgan fingerprint density at radius 3 is 2.65 bits per heavy atom. The molecule has 0 saturated heterocycles. The Bertz CT molecular complexity index is 673. The molecule has 1 unspecified atom stereocenters. The summed E-state index contributed by atoms with van der Waals surface area (Å²) in [6, 6.07) is 11.3. The van der Waals surface area contributed by atoms with E-state index in [1.807, 2.05) is 30.3 Å². The van der Waals surface area contributed by atoms with Crippen molar-refractivity contribution in [2.45, 2.75) is 6.92 Å². The van der Waals surface area contributed by atoms with Crippen molar-refractivity contribution in [1.82, 2.24) is 4.98 Å². The molecule has 5 nitrogen and oxygen atoms in total. The average Bonchev–Trinajstić information content (AvgIpc) is 2.88. The molecule has 1 heterocycles. The summed E-state index contributed by atoms with van der Waals surface area (Å²) in [5, 5.41) is 11.6. The largest absolute Gasteiger partial charge is 0.300 e. The molecule has 0 aliphatic carbocycles. The summed E-state index contributed by atoms with van der Waals surface area (Å²) in [6.07, 6.45) is 1.64. The summed E-state index contributed by atoms with van der Waals surface area (Å²) < 4.78 is 0. The van der Waals surface area contributed by atoms with E-state index in [2.05, 4.69) is 10.3 Å². The summed E-state index contributed by atoms with van der Waals surface area (Å²) in [5.41, 5.74) is 0.994. The number of benzene rings is 1. The van der Waals surface area contributed by atoms with Crippen LogP contribution in [-0.2, 0) is 9.59 Å². The highest BCUT2D eigenvalue weighted by atomic mass is 32.1. The first kappa shape index (κ1) is 13.9. The molecule has 0 spiro atoms. The summed E-state index contributed by atoms with van der Waals surface area (Å²) in [5.74, 6) is -2.42. The molecule has 1 aromatic heterocycles. The first-order valence-electron chi connectivity index (χ1n) is 5.84. The number of nitrogens with one attached hydrogen (secondary N) is 1. The molecule has 0 saturated carbocycles. The quantitative estimate of drug-likeness (QED) is 0.875. The fourth-order valence-corrected chi connectivity index (χ4v) is 2.40. The maximum absolute atomic E-state index is 11.7. The van der Waals surface area contributed by atoms with Gasteiger partial charge in [0.1, 0.15) is 0 Å². The zero-order valence-corrected chi connectivity index (χ0v) is 11.5. The topological polar surface area (TPSA) is 82.8 Å². The highest BCUT2D eigenvalue weighted by Gasteiger charge is 2.23. The number of nitrogens with zero attached hydrogens (tertiary/aromatic N) is 2. The number of aromatic nitrogens is 1. The SMILES string of the molecule is CC(=O)C(C#N)C(=O)Nc1ncc(-c2ccccc2)s1. The lowest BCUT2D eigenvalue weighted by Crippen LogP contribution is -2.26. The minimum Gasteiger partial charge on any atom is -0.300 e. The lowest BCUT2D eigenvalue weighted by Gasteiger charge is -2.03. The van der Waals surface area contributed by atoms with E-state index < -0.39 is 17.6 Å². The number of nitriles is 1. The second-order valence-electron chi connectivity index (χ2n) is 4.06. The molecule has 0 bridgehead atoms. The summed E-state index contributed by atoms with van der Waals surface area (Å²) in [7, 11) is 0. The molecular formula is C14H11N3O2S. The second-order valence-corrected chi connectivity index (χ2v) is 5.09. The molecule has 0 fully saturated rings. The Hall–Kier alpha value is -2.52. The molecule has 0 aliphatic rings. The first-order valence-corrected chi connectivity index (χ1v) is 6.65. The third-order valence-electron chi connectivity index (χ3n) is 2.59. The Morgan fingerprint density at radius 2 is 2.05 bits per heavy atom. The smallest absolute Gasteiger partial charge is 0.251 e. The van der Waals surface area contributed by atoms with Crippen molar-refractivity contribution in [2.24, 2.45) is 5.92 Å². The van der Waals surface area contributed by atoms with Crippen molar-refractivity contribution >= 4 is 28.2 Å². The number of hydrogen-bond donors (Lipinski definition) is 1. The van der Waals surface area contributed by atoms with E-state index >= 15 is 0 Å². The fourth-order valence-electron chi connectivity index (χ4n) is 1.58. The Labute approximate surface area is 119 Å². The number of anilines is 1. The van der Waals surface area contributed by atoms with Gasteiger partial charge in [-0.1, -0.05) is 41.7 Å². The van der Waals surface area contributed by atoms with Gasteiger partial charge in [-0.25, -0.2) is 4.98 Å². The highest BCUT2D eigenvalue weighted by molar-refractivity contribution is 7.19. The molecule has 1 atom stereocenters. The van der Waals surface area contributed by atoms with Gasteiger partial charge in [-0.2, -0.15) is 5.26 Å². The van der Waals surface area contributed by atoms with Crippen LogP contribution in [0.1, 0.15) is 6.92 Å². The number of rotatable bonds is 4. The molecule has 2 rings (SSSR count). The molecular weight excluding hydrogens is 274 g/mol. The van der Waals surface area contributed by atoms with Crippen molar-refractivity contribution < 1.29 is 9.59 Å². The van der Waals surface area contributed by atoms with E-state index in [1.165, 1.54) is 18.3 Å². The number of carbonyl (C=O) groups excluding carboxylic acids is 2. The molecule has 1 amide bonds. The normalized spacial score (nSPS) is 11.4. The van der Waals surface area contributed by atoms with Gasteiger partial charge < -0.3 is 5.32 Å². The highest BCUT2D eigenvalue weighted by Crippen LogP contribution is 2.28. The van der Waals surface area contributed by atoms with Gasteiger partial charge in [0.05, 0.1) is 10.9 Å². The van der Waals surface area contributed by atoms with Gasteiger partial charge >= 0.3 is 0 Å². The second kappa shape index (κ2) is 6.08. The van der Waals surface area contributed by atoms with Crippen LogP contribution in [0.4, 0.5) is 5.13 Å². The Balaban J connectivity index is 2.13. The maximum atomic E-state index is 11.7. The summed E-state index contributed by atoms with van der Waals surface area (Å²) in [4.78, 5) is 27.9. The summed E-state index contributed by atoms with van der Waals surface area (Å²) >= 11 is 1.29. The minimum atomic E-state index is -1.29. The number of ketones is 1. The molecule has 2 aromatic rings. The number of thiazole rings is 1. The fraction of sp³-hybridized carbons (Fsp3) is 0.143. The lowest BCUT2D eigenvalue weighted by molar-refractivity contribution is -0.127. The lowest BCUT2D eigenvalue weighted by atomic mass is 10.1. The van der Waals surface area contributed by atoms with Crippen LogP contribution in [0.5, 0.6) is 0 Å². The van der Waals surface area contributed by atoms with E-state index in [-0.39, 0.29) is 0 Å². The van der Waals surface area contributed by atoms with E-state index in [9.17, 15) is 9.59 Å². The van der Waals surface area contributed by atoms with Gasteiger partial charge in [0.2, 0.25) is 0 Å². The van der Waals surface area contributed by atoms with Crippen molar-refractivity contribution in [3.05, 3.63) is 36.5 Å². The standard InChI is InChI=1S/C14H11N3O2S/c1-9(18)11(7-15)13(19)17-14-16-8-12(20-14)10-5-3-2-4-6-10/h2-6,8,11H,1H3,(H,16,17,19). The zero-order chi connectivity index (χ0) is 14.5. The number of amides is 1. The molecule has 20 heavy (non-hydrogen) atoms. The van der Waals surface area contributed by atoms with Crippen molar-refractivity contribution in [1.29, 1.82) is 5.26 Å². The van der Waals surface area contributed by atoms with Gasteiger partial charge in [0.25, 0.3) is 5.91 Å². The molecule has 6 heteroatoms. The van der Waals surface area contributed by atoms with Crippen molar-refractivity contribution in [3.8, 4) is 16.5 Å². The van der Waals surface area contributed by atoms with E-state index in [0.717, 1.165) is 10.4 Å². The van der Waals surface area contributed by atoms with Crippen molar-refractivity contribution in [3.63, 3.8) is 0 Å².